The number of rotatable bonds is 3. The molecular formula is C20H20Cl2N2O2. The minimum atomic E-state index is -1.25. The van der Waals surface area contributed by atoms with Crippen LogP contribution in [0, 0.1) is 5.41 Å². The molecule has 2 aromatic rings. The van der Waals surface area contributed by atoms with Gasteiger partial charge in [-0.05, 0) is 56.5 Å². The zero-order valence-corrected chi connectivity index (χ0v) is 16.2. The van der Waals surface area contributed by atoms with Crippen LogP contribution in [0.4, 0.5) is 11.4 Å². The number of fused-ring (bicyclic) bond motifs is 1. The normalized spacial score (nSPS) is 13.9. The number of hydrogen-bond donors (Lipinski definition) is 1. The first kappa shape index (κ1) is 18.7. The quantitative estimate of drug-likeness (QED) is 0.754. The predicted molar refractivity (Wildman–Crippen MR) is 106 cm³/mol. The van der Waals surface area contributed by atoms with Gasteiger partial charge in [-0.15, -0.1) is 0 Å². The molecule has 4 nitrogen and oxygen atoms in total. The Labute approximate surface area is 163 Å². The number of aryl methyl sites for hydroxylation is 1. The van der Waals surface area contributed by atoms with E-state index in [0.29, 0.717) is 22.3 Å². The van der Waals surface area contributed by atoms with Crippen LogP contribution in [-0.4, -0.2) is 18.4 Å². The summed E-state index contributed by atoms with van der Waals surface area (Å²) in [7, 11) is 0. The van der Waals surface area contributed by atoms with Gasteiger partial charge in [0.1, 0.15) is 5.41 Å². The molecule has 0 radical (unpaired) electrons. The van der Waals surface area contributed by atoms with Crippen molar-refractivity contribution in [1.29, 1.82) is 0 Å². The predicted octanol–water partition coefficient (Wildman–Crippen LogP) is 4.94. The number of para-hydroxylation sites is 1. The van der Waals surface area contributed by atoms with E-state index in [1.54, 1.807) is 36.9 Å². The summed E-state index contributed by atoms with van der Waals surface area (Å²) in [4.78, 5) is 27.7. The molecule has 0 bridgehead atoms. The second-order valence-electron chi connectivity index (χ2n) is 6.89. The van der Waals surface area contributed by atoms with E-state index in [0.717, 1.165) is 24.1 Å². The molecule has 0 saturated carbocycles. The number of hydrogen-bond acceptors (Lipinski definition) is 2. The van der Waals surface area contributed by atoms with E-state index in [2.05, 4.69) is 5.32 Å². The number of halogens is 2. The van der Waals surface area contributed by atoms with Crippen molar-refractivity contribution in [3.05, 3.63) is 58.1 Å². The average molecular weight is 391 g/mol. The van der Waals surface area contributed by atoms with E-state index in [1.807, 2.05) is 24.3 Å². The van der Waals surface area contributed by atoms with Crippen molar-refractivity contribution in [2.45, 2.75) is 26.7 Å². The summed E-state index contributed by atoms with van der Waals surface area (Å²) >= 11 is 12.1. The van der Waals surface area contributed by atoms with Gasteiger partial charge in [0.2, 0.25) is 11.8 Å². The summed E-state index contributed by atoms with van der Waals surface area (Å²) in [5, 5.41) is 3.56. The third kappa shape index (κ3) is 3.57. The first-order chi connectivity index (χ1) is 12.3. The van der Waals surface area contributed by atoms with Gasteiger partial charge in [0, 0.05) is 17.3 Å². The second-order valence-corrected chi connectivity index (χ2v) is 7.74. The van der Waals surface area contributed by atoms with Crippen molar-refractivity contribution in [3.8, 4) is 0 Å². The molecular weight excluding hydrogens is 371 g/mol. The minimum absolute atomic E-state index is 0.236. The van der Waals surface area contributed by atoms with E-state index in [9.17, 15) is 9.59 Å². The van der Waals surface area contributed by atoms with Gasteiger partial charge >= 0.3 is 0 Å². The fourth-order valence-corrected chi connectivity index (χ4v) is 3.39. The number of amides is 2. The van der Waals surface area contributed by atoms with Crippen LogP contribution in [-0.2, 0) is 16.0 Å². The molecule has 0 aromatic heterocycles. The van der Waals surface area contributed by atoms with Crippen molar-refractivity contribution in [3.63, 3.8) is 0 Å². The molecule has 2 aromatic carbocycles. The topological polar surface area (TPSA) is 49.4 Å². The molecule has 26 heavy (non-hydrogen) atoms. The molecule has 0 fully saturated rings. The summed E-state index contributed by atoms with van der Waals surface area (Å²) in [5.41, 5.74) is 1.14. The molecule has 3 rings (SSSR count). The third-order valence-corrected chi connectivity index (χ3v) is 5.20. The maximum Gasteiger partial charge on any atom is 0.242 e. The standard InChI is InChI=1S/C20H20Cl2N2O2/c1-20(2,18(25)23-16-12-14(21)9-10-15(16)22)19(26)24-11-5-7-13-6-3-4-8-17(13)24/h3-4,6,8-10,12H,5,7,11H2,1-2H3,(H,23,25). The first-order valence-corrected chi connectivity index (χ1v) is 9.22. The van der Waals surface area contributed by atoms with Gasteiger partial charge in [0.15, 0.2) is 0 Å². The third-order valence-electron chi connectivity index (χ3n) is 4.63. The molecule has 1 aliphatic heterocycles. The molecule has 6 heteroatoms. The molecule has 0 spiro atoms. The van der Waals surface area contributed by atoms with Crippen LogP contribution in [0.5, 0.6) is 0 Å². The molecule has 1 aliphatic rings. The number of carbonyl (C=O) groups excluding carboxylic acids is 2. The molecule has 1 heterocycles. The SMILES string of the molecule is CC(C)(C(=O)Nc1cc(Cl)ccc1Cl)C(=O)N1CCCc2ccccc21. The maximum atomic E-state index is 13.2. The fourth-order valence-electron chi connectivity index (χ4n) is 3.05. The highest BCUT2D eigenvalue weighted by atomic mass is 35.5. The maximum absolute atomic E-state index is 13.2. The summed E-state index contributed by atoms with van der Waals surface area (Å²) in [6.45, 7) is 3.85. The van der Waals surface area contributed by atoms with Gasteiger partial charge < -0.3 is 10.2 Å². The number of nitrogens with one attached hydrogen (secondary N) is 1. The van der Waals surface area contributed by atoms with Gasteiger partial charge in [-0.1, -0.05) is 41.4 Å². The van der Waals surface area contributed by atoms with Crippen LogP contribution in [0.3, 0.4) is 0 Å². The van der Waals surface area contributed by atoms with Gasteiger partial charge in [0.25, 0.3) is 0 Å². The Balaban J connectivity index is 1.84. The lowest BCUT2D eigenvalue weighted by atomic mass is 9.88. The van der Waals surface area contributed by atoms with Crippen LogP contribution >= 0.6 is 23.2 Å². The zero-order chi connectivity index (χ0) is 18.9. The smallest absolute Gasteiger partial charge is 0.242 e. The Bertz CT molecular complexity index is 865. The number of nitrogens with zero attached hydrogens (tertiary/aromatic N) is 1. The highest BCUT2D eigenvalue weighted by molar-refractivity contribution is 6.36. The van der Waals surface area contributed by atoms with Crippen LogP contribution in [0.15, 0.2) is 42.5 Å². The van der Waals surface area contributed by atoms with Crippen molar-refractivity contribution in [2.75, 3.05) is 16.8 Å². The van der Waals surface area contributed by atoms with Crippen LogP contribution in [0.1, 0.15) is 25.8 Å². The highest BCUT2D eigenvalue weighted by Crippen LogP contribution is 2.33. The van der Waals surface area contributed by atoms with Gasteiger partial charge in [-0.3, -0.25) is 9.59 Å². The van der Waals surface area contributed by atoms with Crippen LogP contribution < -0.4 is 10.2 Å². The van der Waals surface area contributed by atoms with Gasteiger partial charge in [-0.25, -0.2) is 0 Å². The number of carbonyl (C=O) groups is 2. The molecule has 2 amide bonds. The highest BCUT2D eigenvalue weighted by Gasteiger charge is 2.41. The fraction of sp³-hybridized carbons (Fsp3) is 0.300. The van der Waals surface area contributed by atoms with Crippen molar-refractivity contribution < 1.29 is 9.59 Å². The Morgan fingerprint density at radius 1 is 1.12 bits per heavy atom. The number of anilines is 2. The molecule has 1 N–H and O–H groups in total. The van der Waals surface area contributed by atoms with E-state index in [4.69, 9.17) is 23.2 Å². The van der Waals surface area contributed by atoms with Gasteiger partial charge in [-0.2, -0.15) is 0 Å². The van der Waals surface area contributed by atoms with Crippen LogP contribution in [0.25, 0.3) is 0 Å². The Kier molecular flexibility index (Phi) is 5.26. The zero-order valence-electron chi connectivity index (χ0n) is 14.7. The molecule has 0 atom stereocenters. The molecule has 0 unspecified atom stereocenters. The summed E-state index contributed by atoms with van der Waals surface area (Å²) in [5.74, 6) is -0.657. The van der Waals surface area contributed by atoms with E-state index >= 15 is 0 Å². The minimum Gasteiger partial charge on any atom is -0.324 e. The first-order valence-electron chi connectivity index (χ1n) is 8.47. The Morgan fingerprint density at radius 2 is 1.85 bits per heavy atom. The summed E-state index contributed by atoms with van der Waals surface area (Å²) < 4.78 is 0. The monoisotopic (exact) mass is 390 g/mol. The Hall–Kier alpha value is -2.04. The average Bonchev–Trinajstić information content (AvgIpc) is 2.63. The van der Waals surface area contributed by atoms with Crippen molar-refractivity contribution >= 4 is 46.4 Å². The summed E-state index contributed by atoms with van der Waals surface area (Å²) in [6.07, 6.45) is 1.81. The Morgan fingerprint density at radius 3 is 2.62 bits per heavy atom. The lowest BCUT2D eigenvalue weighted by molar-refractivity contribution is -0.136. The molecule has 0 aliphatic carbocycles. The van der Waals surface area contributed by atoms with Crippen molar-refractivity contribution in [1.82, 2.24) is 0 Å². The van der Waals surface area contributed by atoms with Crippen LogP contribution in [0.2, 0.25) is 10.0 Å². The van der Waals surface area contributed by atoms with E-state index < -0.39 is 11.3 Å². The van der Waals surface area contributed by atoms with E-state index in [-0.39, 0.29) is 5.91 Å². The molecule has 136 valence electrons. The van der Waals surface area contributed by atoms with Gasteiger partial charge in [0.05, 0.1) is 10.7 Å². The van der Waals surface area contributed by atoms with E-state index in [1.165, 1.54) is 0 Å². The lowest BCUT2D eigenvalue weighted by Crippen LogP contribution is -2.49. The lowest BCUT2D eigenvalue weighted by Gasteiger charge is -2.35. The summed E-state index contributed by atoms with van der Waals surface area (Å²) in [6, 6.07) is 12.6. The largest absolute Gasteiger partial charge is 0.324 e. The molecule has 0 saturated heterocycles. The van der Waals surface area contributed by atoms with Crippen molar-refractivity contribution in [2.24, 2.45) is 5.41 Å². The number of benzene rings is 2. The second kappa shape index (κ2) is 7.29.